The molecular weight excluding hydrogens is 190 g/mol. The third-order valence-corrected chi connectivity index (χ3v) is 3.52. The molecule has 0 radical (unpaired) electrons. The Kier molecular flexibility index (Phi) is 5.05. The number of hydrogen-bond donors (Lipinski definition) is 1. The quantitative estimate of drug-likeness (QED) is 0.750. The van der Waals surface area contributed by atoms with Crippen LogP contribution >= 0.6 is 11.8 Å². The Bertz CT molecular complexity index is 273. The summed E-state index contributed by atoms with van der Waals surface area (Å²) < 4.78 is 0. The van der Waals surface area contributed by atoms with Gasteiger partial charge in [-0.3, -0.25) is 0 Å². The van der Waals surface area contributed by atoms with Gasteiger partial charge in [-0.25, -0.2) is 0 Å². The van der Waals surface area contributed by atoms with Crippen molar-refractivity contribution in [3.05, 3.63) is 29.8 Å². The van der Waals surface area contributed by atoms with Crippen molar-refractivity contribution in [2.45, 2.75) is 37.6 Å². The summed E-state index contributed by atoms with van der Waals surface area (Å²) in [6.07, 6.45) is 2.21. The van der Waals surface area contributed by atoms with Crippen LogP contribution in [0.15, 0.2) is 29.2 Å². The van der Waals surface area contributed by atoms with Crippen LogP contribution in [0.5, 0.6) is 0 Å². The zero-order valence-corrected chi connectivity index (χ0v) is 9.81. The van der Waals surface area contributed by atoms with Crippen LogP contribution in [-0.4, -0.2) is 5.75 Å². The van der Waals surface area contributed by atoms with Crippen LogP contribution < -0.4 is 5.73 Å². The first-order valence-corrected chi connectivity index (χ1v) is 6.25. The maximum Gasteiger partial charge on any atom is 0.0303 e. The highest BCUT2D eigenvalue weighted by molar-refractivity contribution is 7.99. The molecule has 1 aromatic rings. The van der Waals surface area contributed by atoms with Crippen LogP contribution in [0.2, 0.25) is 0 Å². The van der Waals surface area contributed by atoms with Gasteiger partial charge in [0.15, 0.2) is 0 Å². The summed E-state index contributed by atoms with van der Waals surface area (Å²) >= 11 is 1.91. The van der Waals surface area contributed by atoms with Crippen LogP contribution in [0.1, 0.15) is 38.3 Å². The molecule has 0 aromatic heterocycles. The summed E-state index contributed by atoms with van der Waals surface area (Å²) in [7, 11) is 0. The molecule has 1 aromatic carbocycles. The molecule has 1 nitrogen and oxygen atoms in total. The lowest BCUT2D eigenvalue weighted by Gasteiger charge is -2.13. The predicted octanol–water partition coefficient (Wildman–Crippen LogP) is 3.60. The molecule has 0 fully saturated rings. The van der Waals surface area contributed by atoms with Crippen molar-refractivity contribution in [3.8, 4) is 0 Å². The van der Waals surface area contributed by atoms with Gasteiger partial charge < -0.3 is 5.73 Å². The number of benzene rings is 1. The first-order valence-electron chi connectivity index (χ1n) is 5.26. The molecule has 0 saturated heterocycles. The summed E-state index contributed by atoms with van der Waals surface area (Å²) in [4.78, 5) is 1.35. The normalized spacial score (nSPS) is 12.8. The number of hydrogen-bond acceptors (Lipinski definition) is 2. The van der Waals surface area contributed by atoms with Gasteiger partial charge in [0.1, 0.15) is 0 Å². The minimum absolute atomic E-state index is 0.190. The highest BCUT2D eigenvalue weighted by Gasteiger charge is 2.08. The molecule has 78 valence electrons. The zero-order chi connectivity index (χ0) is 10.4. The first-order chi connectivity index (χ1) is 6.79. The molecule has 1 unspecified atom stereocenters. The van der Waals surface area contributed by atoms with Gasteiger partial charge in [-0.05, 0) is 30.2 Å². The molecule has 0 heterocycles. The van der Waals surface area contributed by atoms with E-state index in [4.69, 9.17) is 5.73 Å². The molecule has 1 atom stereocenters. The maximum atomic E-state index is 6.05. The van der Waals surface area contributed by atoms with Crippen LogP contribution in [0, 0.1) is 0 Å². The average Bonchev–Trinajstić information content (AvgIpc) is 2.25. The fourth-order valence-electron chi connectivity index (χ4n) is 1.35. The maximum absolute atomic E-state index is 6.05. The van der Waals surface area contributed by atoms with Gasteiger partial charge in [0.2, 0.25) is 0 Å². The molecule has 1 rings (SSSR count). The lowest BCUT2D eigenvalue weighted by atomic mass is 10.1. The standard InChI is InChI=1S/C12H19NS/c1-3-9-14-12-8-6-5-7-10(12)11(13)4-2/h5-8,11H,3-4,9,13H2,1-2H3. The van der Waals surface area contributed by atoms with Gasteiger partial charge >= 0.3 is 0 Å². The van der Waals surface area contributed by atoms with Gasteiger partial charge in [-0.2, -0.15) is 0 Å². The van der Waals surface area contributed by atoms with Crippen LogP contribution in [0.4, 0.5) is 0 Å². The van der Waals surface area contributed by atoms with Crippen molar-refractivity contribution in [2.75, 3.05) is 5.75 Å². The Morgan fingerprint density at radius 3 is 2.64 bits per heavy atom. The molecule has 2 N–H and O–H groups in total. The first kappa shape index (κ1) is 11.6. The molecule has 0 amide bonds. The van der Waals surface area contributed by atoms with Gasteiger partial charge in [0.05, 0.1) is 0 Å². The largest absolute Gasteiger partial charge is 0.324 e. The SMILES string of the molecule is CCCSc1ccccc1C(N)CC. The number of rotatable bonds is 5. The van der Waals surface area contributed by atoms with Crippen molar-refractivity contribution in [1.29, 1.82) is 0 Å². The summed E-state index contributed by atoms with van der Waals surface area (Å²) in [6.45, 7) is 4.33. The van der Waals surface area contributed by atoms with Crippen molar-refractivity contribution in [1.82, 2.24) is 0 Å². The van der Waals surface area contributed by atoms with Gasteiger partial charge in [-0.1, -0.05) is 32.0 Å². The molecule has 0 bridgehead atoms. The number of thioether (sulfide) groups is 1. The van der Waals surface area contributed by atoms with E-state index in [9.17, 15) is 0 Å². The van der Waals surface area contributed by atoms with E-state index in [1.54, 1.807) is 0 Å². The summed E-state index contributed by atoms with van der Waals surface area (Å²) in [5.41, 5.74) is 7.35. The van der Waals surface area contributed by atoms with E-state index in [2.05, 4.69) is 38.1 Å². The van der Waals surface area contributed by atoms with Gasteiger partial charge in [0, 0.05) is 10.9 Å². The predicted molar refractivity (Wildman–Crippen MR) is 64.7 cm³/mol. The third-order valence-electron chi connectivity index (χ3n) is 2.22. The van der Waals surface area contributed by atoms with E-state index in [1.807, 2.05) is 11.8 Å². The minimum atomic E-state index is 0.190. The van der Waals surface area contributed by atoms with Crippen LogP contribution in [-0.2, 0) is 0 Å². The Morgan fingerprint density at radius 2 is 2.00 bits per heavy atom. The minimum Gasteiger partial charge on any atom is -0.324 e. The van der Waals surface area contributed by atoms with E-state index in [-0.39, 0.29) is 6.04 Å². The highest BCUT2D eigenvalue weighted by atomic mass is 32.2. The van der Waals surface area contributed by atoms with E-state index in [0.29, 0.717) is 0 Å². The van der Waals surface area contributed by atoms with Crippen LogP contribution in [0.25, 0.3) is 0 Å². The Hall–Kier alpha value is -0.470. The molecule has 0 spiro atoms. The molecule has 0 aliphatic heterocycles. The Morgan fingerprint density at radius 1 is 1.29 bits per heavy atom. The second kappa shape index (κ2) is 6.10. The van der Waals surface area contributed by atoms with Crippen LogP contribution in [0.3, 0.4) is 0 Å². The average molecular weight is 209 g/mol. The summed E-state index contributed by atoms with van der Waals surface area (Å²) in [6, 6.07) is 8.66. The molecule has 0 aliphatic carbocycles. The third kappa shape index (κ3) is 3.03. The summed E-state index contributed by atoms with van der Waals surface area (Å²) in [5.74, 6) is 1.17. The lowest BCUT2D eigenvalue weighted by Crippen LogP contribution is -2.09. The fraction of sp³-hybridized carbons (Fsp3) is 0.500. The van der Waals surface area contributed by atoms with Gasteiger partial charge in [-0.15, -0.1) is 11.8 Å². The molecule has 0 aliphatic rings. The highest BCUT2D eigenvalue weighted by Crippen LogP contribution is 2.27. The molecule has 14 heavy (non-hydrogen) atoms. The smallest absolute Gasteiger partial charge is 0.0303 e. The second-order valence-electron chi connectivity index (χ2n) is 3.40. The van der Waals surface area contributed by atoms with Crippen molar-refractivity contribution >= 4 is 11.8 Å². The van der Waals surface area contributed by atoms with E-state index < -0.39 is 0 Å². The number of nitrogens with two attached hydrogens (primary N) is 1. The molecular formula is C12H19NS. The zero-order valence-electron chi connectivity index (χ0n) is 8.99. The topological polar surface area (TPSA) is 26.0 Å². The Labute approximate surface area is 91.1 Å². The van der Waals surface area contributed by atoms with Crippen molar-refractivity contribution in [3.63, 3.8) is 0 Å². The van der Waals surface area contributed by atoms with E-state index in [0.717, 1.165) is 6.42 Å². The van der Waals surface area contributed by atoms with Gasteiger partial charge in [0.25, 0.3) is 0 Å². The lowest BCUT2D eigenvalue weighted by molar-refractivity contribution is 0.685. The van der Waals surface area contributed by atoms with Crippen molar-refractivity contribution in [2.24, 2.45) is 5.73 Å². The van der Waals surface area contributed by atoms with E-state index >= 15 is 0 Å². The monoisotopic (exact) mass is 209 g/mol. The summed E-state index contributed by atoms with van der Waals surface area (Å²) in [5, 5.41) is 0. The van der Waals surface area contributed by atoms with Crippen molar-refractivity contribution < 1.29 is 0 Å². The molecule has 2 heteroatoms. The Balaban J connectivity index is 2.79. The molecule has 0 saturated carbocycles. The van der Waals surface area contributed by atoms with E-state index in [1.165, 1.54) is 22.6 Å². The second-order valence-corrected chi connectivity index (χ2v) is 4.54. The fourth-order valence-corrected chi connectivity index (χ4v) is 2.34.